The molecule has 0 radical (unpaired) electrons. The molecule has 0 N–H and O–H groups in total. The second-order valence-electron chi connectivity index (χ2n) is 0.154. The summed E-state index contributed by atoms with van der Waals surface area (Å²) in [6.45, 7) is 3.28. The maximum atomic E-state index is 3.28. The van der Waals surface area contributed by atoms with Crippen molar-refractivity contribution in [2.24, 2.45) is 0 Å². The van der Waals surface area contributed by atoms with Crippen molar-refractivity contribution in [3.05, 3.63) is 11.6 Å². The molecule has 25 valence electrons. The molecule has 0 aliphatic rings. The van der Waals surface area contributed by atoms with Gasteiger partial charge in [0.25, 0.3) is 0 Å². The summed E-state index contributed by atoms with van der Waals surface area (Å²) in [6, 6.07) is 0. The van der Waals surface area contributed by atoms with Crippen LogP contribution in [0.3, 0.4) is 0 Å². The first-order valence-electron chi connectivity index (χ1n) is 0.626. The van der Waals surface area contributed by atoms with Crippen LogP contribution in [-0.4, -0.2) is 0 Å². The zero-order chi connectivity index (χ0) is 2.71. The summed E-state index contributed by atoms with van der Waals surface area (Å²) < 4.78 is 0. The molecule has 0 aromatic rings. The van der Waals surface area contributed by atoms with Crippen molar-refractivity contribution in [2.75, 3.05) is 0 Å². The number of rotatable bonds is 0. The van der Waals surface area contributed by atoms with Crippen molar-refractivity contribution in [1.82, 2.24) is 0 Å². The predicted molar refractivity (Wildman–Crippen MR) is 10.2 cm³/mol. The van der Waals surface area contributed by atoms with Gasteiger partial charge in [0.05, 0.1) is 0 Å². The van der Waals surface area contributed by atoms with Crippen LogP contribution in [0.2, 0.25) is 0 Å². The number of hydrogen-bond acceptors (Lipinski definition) is 0. The summed E-state index contributed by atoms with van der Waals surface area (Å²) in [5, 5.41) is 0. The normalized spacial score (nSPS) is 3.00. The molecule has 0 amide bonds. The van der Waals surface area contributed by atoms with Gasteiger partial charge in [0.15, 0.2) is 0 Å². The van der Waals surface area contributed by atoms with E-state index in [0.717, 1.165) is 0 Å². The Morgan fingerprint density at radius 2 is 1.75 bits per heavy atom. The van der Waals surface area contributed by atoms with Crippen LogP contribution in [0.15, 0.2) is 11.6 Å². The topological polar surface area (TPSA) is 0 Å². The zero-order valence-corrected chi connectivity index (χ0v) is 5.38. The molecule has 0 atom stereocenters. The Morgan fingerprint density at radius 1 is 1.75 bits per heavy atom. The summed E-state index contributed by atoms with van der Waals surface area (Å²) in [4.78, 5) is 1.56. The molecule has 0 unspecified atom stereocenters. The molecule has 0 aliphatic carbocycles. The first-order valence-corrected chi connectivity index (χ1v) is 1.31. The molecule has 4 heavy (non-hydrogen) atoms. The van der Waals surface area contributed by atoms with Crippen molar-refractivity contribution < 1.29 is 40.0 Å². The van der Waals surface area contributed by atoms with E-state index in [9.17, 15) is 0 Å². The molecule has 0 spiro atoms. The fourth-order valence-electron chi connectivity index (χ4n) is 0. The predicted octanol–water partition coefficient (Wildman–Crippen LogP) is -2.32. The summed E-state index contributed by atoms with van der Waals surface area (Å²) in [5.41, 5.74) is 0. The minimum Gasteiger partial charge on any atom is -1.00 e. The molecule has 0 rings (SSSR count). The van der Waals surface area contributed by atoms with Crippen LogP contribution in [0.25, 0.3) is 0 Å². The van der Waals surface area contributed by atoms with E-state index in [4.69, 9.17) is 0 Å². The van der Waals surface area contributed by atoms with Crippen LogP contribution < -0.4 is 24.0 Å². The van der Waals surface area contributed by atoms with Gasteiger partial charge in [-0.15, -0.1) is 0 Å². The van der Waals surface area contributed by atoms with Gasteiger partial charge in [-0.2, -0.15) is 0 Å². The summed E-state index contributed by atoms with van der Waals surface area (Å²) in [6.07, 6.45) is 0. The minimum atomic E-state index is 0. The van der Waals surface area contributed by atoms with Gasteiger partial charge in [-0.1, -0.05) is 0 Å². The summed E-state index contributed by atoms with van der Waals surface area (Å²) in [5.74, 6) is 0. The van der Waals surface area contributed by atoms with Crippen LogP contribution in [0, 0.1) is 0 Å². The smallest absolute Gasteiger partial charge is 1.00 e. The quantitative estimate of drug-likeness (QED) is 0.310. The standard InChI is InChI=1S/C2H3.HI.Mn/c1-2;;/h1H,2H2;1H;/q;;+1/p-1. The third kappa shape index (κ3) is 12.1. The first kappa shape index (κ1) is 8.89. The molecule has 0 nitrogen and oxygen atoms in total. The molecule has 0 heterocycles. The molecular formula is C2H3IMn. The van der Waals surface area contributed by atoms with Crippen LogP contribution in [-0.2, 0) is 16.0 Å². The van der Waals surface area contributed by atoms with Crippen molar-refractivity contribution in [3.8, 4) is 0 Å². The SMILES string of the molecule is C=[CH][Mn+].[I-]. The average molecular weight is 209 g/mol. The Balaban J connectivity index is 0. The number of hydrogen-bond donors (Lipinski definition) is 0. The van der Waals surface area contributed by atoms with Gasteiger partial charge < -0.3 is 24.0 Å². The Kier molecular flexibility index (Phi) is 20.0. The third-order valence-corrected chi connectivity index (χ3v) is 0. The molecule has 0 saturated heterocycles. The molecule has 0 fully saturated rings. The Morgan fingerprint density at radius 3 is 1.75 bits per heavy atom. The molecular weight excluding hydrogens is 206 g/mol. The van der Waals surface area contributed by atoms with E-state index in [1.165, 1.54) is 0 Å². The molecule has 2 heteroatoms. The van der Waals surface area contributed by atoms with Gasteiger partial charge in [-0.05, 0) is 0 Å². The first-order chi connectivity index (χ1) is 1.41. The molecule has 0 saturated carbocycles. The van der Waals surface area contributed by atoms with Crippen molar-refractivity contribution in [3.63, 3.8) is 0 Å². The minimum absolute atomic E-state index is 0. The van der Waals surface area contributed by atoms with E-state index in [1.807, 2.05) is 0 Å². The monoisotopic (exact) mass is 209 g/mol. The van der Waals surface area contributed by atoms with Crippen molar-refractivity contribution in [1.29, 1.82) is 0 Å². The molecule has 0 aromatic carbocycles. The second-order valence-corrected chi connectivity index (χ2v) is 0.636. The van der Waals surface area contributed by atoms with Crippen LogP contribution >= 0.6 is 0 Å². The maximum absolute atomic E-state index is 3.28. The van der Waals surface area contributed by atoms with E-state index in [1.54, 1.807) is 4.97 Å². The Labute approximate surface area is 51.5 Å². The second kappa shape index (κ2) is 9.01. The molecule has 0 bridgehead atoms. The van der Waals surface area contributed by atoms with E-state index in [2.05, 4.69) is 22.6 Å². The Bertz CT molecular complexity index is 13.5. The van der Waals surface area contributed by atoms with Gasteiger partial charge in [0.2, 0.25) is 0 Å². The van der Waals surface area contributed by atoms with Gasteiger partial charge in [-0.25, -0.2) is 0 Å². The van der Waals surface area contributed by atoms with Crippen LogP contribution in [0.5, 0.6) is 0 Å². The summed E-state index contributed by atoms with van der Waals surface area (Å²) in [7, 11) is 0. The van der Waals surface area contributed by atoms with Gasteiger partial charge in [-0.3, -0.25) is 0 Å². The fraction of sp³-hybridized carbons (Fsp3) is 0. The maximum Gasteiger partial charge on any atom is -1.00 e. The van der Waals surface area contributed by atoms with Gasteiger partial charge in [0.1, 0.15) is 0 Å². The van der Waals surface area contributed by atoms with Gasteiger partial charge >= 0.3 is 27.6 Å². The largest absolute Gasteiger partial charge is 1.00 e. The fourth-order valence-corrected chi connectivity index (χ4v) is 0. The summed E-state index contributed by atoms with van der Waals surface area (Å²) >= 11 is 2.91. The third-order valence-electron chi connectivity index (χ3n) is 0. The van der Waals surface area contributed by atoms with E-state index in [-0.39, 0.29) is 24.0 Å². The van der Waals surface area contributed by atoms with E-state index < -0.39 is 0 Å². The Hall–Kier alpha value is 0.989. The van der Waals surface area contributed by atoms with E-state index in [0.29, 0.717) is 0 Å². The van der Waals surface area contributed by atoms with Gasteiger partial charge in [0, 0.05) is 0 Å². The molecule has 0 aromatic heterocycles. The number of halogens is 1. The zero-order valence-electron chi connectivity index (χ0n) is 2.04. The molecule has 0 aliphatic heterocycles. The average Bonchev–Trinajstić information content (AvgIpc) is 0.918. The van der Waals surface area contributed by atoms with Crippen LogP contribution in [0.1, 0.15) is 0 Å². The van der Waals surface area contributed by atoms with Crippen molar-refractivity contribution in [2.45, 2.75) is 0 Å². The van der Waals surface area contributed by atoms with Crippen molar-refractivity contribution >= 4 is 0 Å². The van der Waals surface area contributed by atoms with Crippen LogP contribution in [0.4, 0.5) is 0 Å². The van der Waals surface area contributed by atoms with E-state index >= 15 is 0 Å².